The number of nitrogens with zero attached hydrogens (tertiary/aromatic N) is 1. The molecule has 6 rings (SSSR count). The van der Waals surface area contributed by atoms with Gasteiger partial charge < -0.3 is 9.47 Å². The van der Waals surface area contributed by atoms with E-state index in [-0.39, 0.29) is 23.9 Å². The van der Waals surface area contributed by atoms with Crippen LogP contribution in [0.5, 0.6) is 5.75 Å². The Morgan fingerprint density at radius 2 is 1.86 bits per heavy atom. The second-order valence-electron chi connectivity index (χ2n) is 9.16. The summed E-state index contributed by atoms with van der Waals surface area (Å²) < 4.78 is 11.5. The van der Waals surface area contributed by atoms with Gasteiger partial charge in [-0.05, 0) is 79.9 Å². The average Bonchev–Trinajstić information content (AvgIpc) is 3.06. The van der Waals surface area contributed by atoms with Gasteiger partial charge in [-0.2, -0.15) is 0 Å². The minimum atomic E-state index is -0.352. The van der Waals surface area contributed by atoms with Gasteiger partial charge in [-0.25, -0.2) is 4.98 Å². The summed E-state index contributed by atoms with van der Waals surface area (Å²) in [4.78, 5) is 29.1. The van der Waals surface area contributed by atoms with Crippen LogP contribution in [-0.2, 0) is 14.3 Å². The highest BCUT2D eigenvalue weighted by Gasteiger charge is 2.51. The summed E-state index contributed by atoms with van der Waals surface area (Å²) >= 11 is 1.37. The number of fused-ring (bicyclic) bond motifs is 1. The minimum Gasteiger partial charge on any atom is -0.497 e. The first-order valence-electron chi connectivity index (χ1n) is 10.4. The first-order valence-corrected chi connectivity index (χ1v) is 11.2. The quantitative estimate of drug-likeness (QED) is 0.709. The molecule has 1 N–H and O–H groups in total. The van der Waals surface area contributed by atoms with Gasteiger partial charge >= 0.3 is 5.97 Å². The molecule has 6 nitrogen and oxygen atoms in total. The molecule has 0 radical (unpaired) electrons. The highest BCUT2D eigenvalue weighted by Crippen LogP contribution is 2.61. The largest absolute Gasteiger partial charge is 0.497 e. The van der Waals surface area contributed by atoms with Crippen LogP contribution in [0.2, 0.25) is 0 Å². The van der Waals surface area contributed by atoms with Crippen molar-refractivity contribution in [1.29, 1.82) is 0 Å². The minimum absolute atomic E-state index is 0.133. The van der Waals surface area contributed by atoms with E-state index in [1.165, 1.54) is 30.6 Å². The summed E-state index contributed by atoms with van der Waals surface area (Å²) in [5.74, 6) is 2.56. The van der Waals surface area contributed by atoms with Crippen molar-refractivity contribution < 1.29 is 19.1 Å². The van der Waals surface area contributed by atoms with Gasteiger partial charge in [0.2, 0.25) is 0 Å². The molecule has 7 heteroatoms. The number of hydrogen-bond acceptors (Lipinski definition) is 6. The van der Waals surface area contributed by atoms with Crippen molar-refractivity contribution in [1.82, 2.24) is 4.98 Å². The summed E-state index contributed by atoms with van der Waals surface area (Å²) in [5.41, 5.74) is 0.930. The van der Waals surface area contributed by atoms with Gasteiger partial charge in [0.25, 0.3) is 5.91 Å². The van der Waals surface area contributed by atoms with E-state index in [1.54, 1.807) is 7.11 Å². The van der Waals surface area contributed by atoms with E-state index >= 15 is 0 Å². The lowest BCUT2D eigenvalue weighted by Gasteiger charge is -2.56. The number of amides is 1. The van der Waals surface area contributed by atoms with Crippen LogP contribution in [0.25, 0.3) is 10.2 Å². The number of hydrogen-bond donors (Lipinski definition) is 1. The van der Waals surface area contributed by atoms with Crippen LogP contribution in [-0.4, -0.2) is 30.6 Å². The molecular formula is C22H26N2O4S. The third kappa shape index (κ3) is 3.84. The number of carbonyl (C=O) groups is 2. The third-order valence-corrected chi connectivity index (χ3v) is 7.82. The van der Waals surface area contributed by atoms with E-state index in [9.17, 15) is 9.59 Å². The lowest BCUT2D eigenvalue weighted by atomic mass is 9.49. The van der Waals surface area contributed by atoms with Gasteiger partial charge in [-0.15, -0.1) is 0 Å². The second-order valence-corrected chi connectivity index (χ2v) is 10.2. The van der Waals surface area contributed by atoms with Crippen molar-refractivity contribution in [2.24, 2.45) is 23.2 Å². The van der Waals surface area contributed by atoms with Crippen LogP contribution < -0.4 is 10.1 Å². The zero-order valence-corrected chi connectivity index (χ0v) is 17.4. The maximum atomic E-state index is 12.5. The molecule has 4 bridgehead atoms. The van der Waals surface area contributed by atoms with E-state index in [4.69, 9.17) is 9.47 Å². The Morgan fingerprint density at radius 1 is 1.17 bits per heavy atom. The number of aromatic nitrogens is 1. The van der Waals surface area contributed by atoms with Gasteiger partial charge in [-0.1, -0.05) is 11.3 Å². The number of rotatable bonds is 6. The molecule has 4 saturated carbocycles. The monoisotopic (exact) mass is 414 g/mol. The molecule has 1 heterocycles. The van der Waals surface area contributed by atoms with Gasteiger partial charge in [0.1, 0.15) is 5.75 Å². The SMILES string of the molecule is COc1ccc2nc(NC(=O)COC(=O)CC34CC5CC(CC(C5)C3)C4)sc2c1. The first-order chi connectivity index (χ1) is 14.0. The molecule has 154 valence electrons. The van der Waals surface area contributed by atoms with Crippen LogP contribution in [0, 0.1) is 23.2 Å². The van der Waals surface area contributed by atoms with E-state index in [2.05, 4.69) is 10.3 Å². The third-order valence-electron chi connectivity index (χ3n) is 6.89. The number of carbonyl (C=O) groups excluding carboxylic acids is 2. The molecule has 4 aliphatic carbocycles. The van der Waals surface area contributed by atoms with Crippen molar-refractivity contribution in [3.8, 4) is 5.75 Å². The number of ether oxygens (including phenoxy) is 2. The van der Waals surface area contributed by atoms with Crippen LogP contribution in [0.15, 0.2) is 18.2 Å². The highest BCUT2D eigenvalue weighted by atomic mass is 32.1. The summed E-state index contributed by atoms with van der Waals surface area (Å²) in [6.07, 6.45) is 8.01. The number of nitrogens with one attached hydrogen (secondary N) is 1. The summed E-state index contributed by atoms with van der Waals surface area (Å²) in [7, 11) is 1.61. The standard InChI is InChI=1S/C22H26N2O4S/c1-27-16-2-3-17-18(7-16)29-21(23-17)24-19(25)12-28-20(26)11-22-8-13-4-14(9-22)6-15(5-13)10-22/h2-3,7,13-15H,4-6,8-12H2,1H3,(H,23,24,25). The Bertz CT molecular complexity index is 918. The molecule has 2 aromatic rings. The van der Waals surface area contributed by atoms with Crippen molar-refractivity contribution in [3.05, 3.63) is 18.2 Å². The van der Waals surface area contributed by atoms with Crippen LogP contribution in [0.1, 0.15) is 44.9 Å². The Hall–Kier alpha value is -2.15. The Morgan fingerprint density at radius 3 is 2.52 bits per heavy atom. The molecule has 29 heavy (non-hydrogen) atoms. The fraction of sp³-hybridized carbons (Fsp3) is 0.591. The van der Waals surface area contributed by atoms with Crippen molar-refractivity contribution >= 4 is 38.6 Å². The summed E-state index contributed by atoms with van der Waals surface area (Å²) in [5, 5.41) is 3.23. The van der Waals surface area contributed by atoms with E-state index in [1.807, 2.05) is 18.2 Å². The molecule has 0 spiro atoms. The molecule has 1 amide bonds. The van der Waals surface area contributed by atoms with Crippen molar-refractivity contribution in [2.75, 3.05) is 19.0 Å². The Labute approximate surface area is 174 Å². The highest BCUT2D eigenvalue weighted by molar-refractivity contribution is 7.22. The summed E-state index contributed by atoms with van der Waals surface area (Å²) in [6, 6.07) is 5.57. The maximum Gasteiger partial charge on any atom is 0.306 e. The molecule has 1 aromatic carbocycles. The Balaban J connectivity index is 1.14. The summed E-state index contributed by atoms with van der Waals surface area (Å²) in [6.45, 7) is -0.259. The predicted octanol–water partition coefficient (Wildman–Crippen LogP) is 4.39. The van der Waals surface area contributed by atoms with Crippen molar-refractivity contribution in [3.63, 3.8) is 0 Å². The number of benzene rings is 1. The number of anilines is 1. The zero-order chi connectivity index (χ0) is 20.0. The fourth-order valence-corrected chi connectivity index (χ4v) is 7.16. The first kappa shape index (κ1) is 18.9. The van der Waals surface area contributed by atoms with Gasteiger partial charge in [-0.3, -0.25) is 14.9 Å². The van der Waals surface area contributed by atoms with E-state index < -0.39 is 0 Å². The molecule has 0 atom stereocenters. The molecule has 0 aliphatic heterocycles. The van der Waals surface area contributed by atoms with Crippen LogP contribution in [0.3, 0.4) is 0 Å². The molecule has 1 aromatic heterocycles. The molecule has 4 fully saturated rings. The topological polar surface area (TPSA) is 77.5 Å². The van der Waals surface area contributed by atoms with E-state index in [0.29, 0.717) is 11.6 Å². The smallest absolute Gasteiger partial charge is 0.306 e. The van der Waals surface area contributed by atoms with E-state index in [0.717, 1.165) is 53.0 Å². The zero-order valence-electron chi connectivity index (χ0n) is 16.6. The molecular weight excluding hydrogens is 388 g/mol. The maximum absolute atomic E-state index is 12.5. The molecule has 0 unspecified atom stereocenters. The molecule has 0 saturated heterocycles. The fourth-order valence-electron chi connectivity index (χ4n) is 6.25. The van der Waals surface area contributed by atoms with Crippen molar-refractivity contribution in [2.45, 2.75) is 44.9 Å². The van der Waals surface area contributed by atoms with Gasteiger partial charge in [0, 0.05) is 0 Å². The van der Waals surface area contributed by atoms with Crippen LogP contribution in [0.4, 0.5) is 5.13 Å². The average molecular weight is 415 g/mol. The second kappa shape index (κ2) is 7.27. The van der Waals surface area contributed by atoms with Gasteiger partial charge in [0.15, 0.2) is 11.7 Å². The molecule has 4 aliphatic rings. The number of thiazole rings is 1. The van der Waals surface area contributed by atoms with Gasteiger partial charge in [0.05, 0.1) is 23.7 Å². The lowest BCUT2D eigenvalue weighted by Crippen LogP contribution is -2.47. The predicted molar refractivity (Wildman–Crippen MR) is 111 cm³/mol. The Kier molecular flexibility index (Phi) is 4.73. The normalized spacial score (nSPS) is 29.8. The number of esters is 1. The lowest BCUT2D eigenvalue weighted by molar-refractivity contribution is -0.154. The van der Waals surface area contributed by atoms with Crippen LogP contribution >= 0.6 is 11.3 Å². The number of methoxy groups -OCH3 is 1.